The molecule has 0 aliphatic heterocycles. The van der Waals surface area contributed by atoms with Crippen LogP contribution in [0.5, 0.6) is 0 Å². The first-order chi connectivity index (χ1) is 11.8. The van der Waals surface area contributed by atoms with Gasteiger partial charge in [0, 0.05) is 26.0 Å². The Balaban J connectivity index is 2.03. The summed E-state index contributed by atoms with van der Waals surface area (Å²) in [5.74, 6) is -0.446. The number of carbonyl (C=O) groups is 1. The third kappa shape index (κ3) is 4.94. The average Bonchev–Trinajstić information content (AvgIpc) is 2.88. The Bertz CT molecular complexity index is 726. The molecule has 0 fully saturated rings. The normalized spacial score (nSPS) is 11.9. The van der Waals surface area contributed by atoms with Gasteiger partial charge < -0.3 is 10.1 Å². The number of fused-ring (bicyclic) bond motifs is 1. The summed E-state index contributed by atoms with van der Waals surface area (Å²) in [7, 11) is 0. The molecule has 0 radical (unpaired) electrons. The van der Waals surface area contributed by atoms with Crippen molar-refractivity contribution in [2.75, 3.05) is 19.8 Å². The van der Waals surface area contributed by atoms with Crippen LogP contribution in [0, 0.1) is 6.92 Å². The van der Waals surface area contributed by atoms with E-state index in [4.69, 9.17) is 4.74 Å². The molecule has 0 aromatic carbocycles. The third-order valence-electron chi connectivity index (χ3n) is 3.73. The Morgan fingerprint density at radius 3 is 2.68 bits per heavy atom. The predicted molar refractivity (Wildman–Crippen MR) is 87.6 cm³/mol. The van der Waals surface area contributed by atoms with Crippen molar-refractivity contribution in [2.45, 2.75) is 39.3 Å². The van der Waals surface area contributed by atoms with E-state index in [1.165, 1.54) is 10.5 Å². The number of aryl methyl sites for hydroxylation is 1. The molecular formula is C17H22F3N3O2. The Morgan fingerprint density at radius 2 is 2.00 bits per heavy atom. The number of nitrogens with one attached hydrogen (secondary N) is 1. The van der Waals surface area contributed by atoms with Gasteiger partial charge in [-0.25, -0.2) is 4.98 Å². The maximum absolute atomic E-state index is 12.9. The van der Waals surface area contributed by atoms with Gasteiger partial charge in [-0.3, -0.25) is 9.20 Å². The molecule has 1 amide bonds. The number of imidazole rings is 1. The van der Waals surface area contributed by atoms with Crippen molar-refractivity contribution in [1.29, 1.82) is 0 Å². The van der Waals surface area contributed by atoms with Gasteiger partial charge in [-0.05, 0) is 31.9 Å². The van der Waals surface area contributed by atoms with Crippen molar-refractivity contribution in [3.8, 4) is 0 Å². The molecule has 0 bridgehead atoms. The van der Waals surface area contributed by atoms with E-state index < -0.39 is 17.6 Å². The second kappa shape index (κ2) is 8.33. The Kier molecular flexibility index (Phi) is 6.41. The number of unbranched alkanes of at least 4 members (excludes halogenated alkanes) is 1. The highest BCUT2D eigenvalue weighted by atomic mass is 19.4. The summed E-state index contributed by atoms with van der Waals surface area (Å²) in [4.78, 5) is 16.5. The molecule has 2 aromatic heterocycles. The summed E-state index contributed by atoms with van der Waals surface area (Å²) >= 11 is 0. The number of hydrogen-bond donors (Lipinski definition) is 1. The van der Waals surface area contributed by atoms with Crippen LogP contribution in [0.25, 0.3) is 5.65 Å². The van der Waals surface area contributed by atoms with Gasteiger partial charge in [0.2, 0.25) is 0 Å². The summed E-state index contributed by atoms with van der Waals surface area (Å²) < 4.78 is 45.2. The van der Waals surface area contributed by atoms with Crippen molar-refractivity contribution in [3.05, 3.63) is 35.3 Å². The van der Waals surface area contributed by atoms with Crippen LogP contribution in [-0.2, 0) is 10.9 Å². The van der Waals surface area contributed by atoms with Gasteiger partial charge >= 0.3 is 6.18 Å². The number of carbonyl (C=O) groups excluding carboxylic acids is 1. The Labute approximate surface area is 144 Å². The Morgan fingerprint density at radius 1 is 1.28 bits per heavy atom. The van der Waals surface area contributed by atoms with Crippen LogP contribution < -0.4 is 5.32 Å². The van der Waals surface area contributed by atoms with Gasteiger partial charge in [-0.2, -0.15) is 13.2 Å². The van der Waals surface area contributed by atoms with Crippen LogP contribution in [-0.4, -0.2) is 35.1 Å². The summed E-state index contributed by atoms with van der Waals surface area (Å²) in [5, 5.41) is 2.71. The van der Waals surface area contributed by atoms with Crippen molar-refractivity contribution in [2.24, 2.45) is 0 Å². The molecule has 0 unspecified atom stereocenters. The largest absolute Gasteiger partial charge is 0.417 e. The molecule has 2 heterocycles. The predicted octanol–water partition coefficient (Wildman–Crippen LogP) is 3.60. The van der Waals surface area contributed by atoms with Crippen LogP contribution in [0.2, 0.25) is 0 Å². The molecule has 5 nitrogen and oxygen atoms in total. The van der Waals surface area contributed by atoms with Gasteiger partial charge in [-0.15, -0.1) is 0 Å². The minimum absolute atomic E-state index is 0.119. The third-order valence-corrected chi connectivity index (χ3v) is 3.73. The zero-order chi connectivity index (χ0) is 18.4. The first-order valence-electron chi connectivity index (χ1n) is 8.26. The molecule has 8 heteroatoms. The summed E-state index contributed by atoms with van der Waals surface area (Å²) in [6.45, 7) is 5.29. The highest BCUT2D eigenvalue weighted by Crippen LogP contribution is 2.29. The molecule has 0 saturated heterocycles. The number of hydrogen-bond acceptors (Lipinski definition) is 3. The second-order valence-electron chi connectivity index (χ2n) is 5.76. The van der Waals surface area contributed by atoms with E-state index >= 15 is 0 Å². The first-order valence-corrected chi connectivity index (χ1v) is 8.26. The van der Waals surface area contributed by atoms with Crippen molar-refractivity contribution >= 4 is 11.6 Å². The molecule has 1 N–H and O–H groups in total. The quantitative estimate of drug-likeness (QED) is 0.735. The number of halogens is 3. The second-order valence-corrected chi connectivity index (χ2v) is 5.76. The number of amides is 1. The standard InChI is InChI=1S/C17H22F3N3O2/c1-3-4-9-25-10-5-8-21-16(24)15-12(2)22-14-7-6-13(11-23(14)15)17(18,19)20/h6-7,11H,3-5,8-10H2,1-2H3,(H,21,24). The first kappa shape index (κ1) is 19.2. The summed E-state index contributed by atoms with van der Waals surface area (Å²) in [6, 6.07) is 2.21. The molecule has 25 heavy (non-hydrogen) atoms. The van der Waals surface area contributed by atoms with E-state index in [0.29, 0.717) is 37.5 Å². The van der Waals surface area contributed by atoms with Gasteiger partial charge in [0.05, 0.1) is 11.3 Å². The smallest absolute Gasteiger partial charge is 0.381 e. The maximum Gasteiger partial charge on any atom is 0.417 e. The number of pyridine rings is 1. The zero-order valence-corrected chi connectivity index (χ0v) is 14.3. The lowest BCUT2D eigenvalue weighted by molar-refractivity contribution is -0.137. The van der Waals surface area contributed by atoms with Gasteiger partial charge in [0.25, 0.3) is 5.91 Å². The lowest BCUT2D eigenvalue weighted by atomic mass is 10.2. The zero-order valence-electron chi connectivity index (χ0n) is 14.3. The number of rotatable bonds is 8. The summed E-state index contributed by atoms with van der Waals surface area (Å²) in [6.07, 6.45) is -0.883. The monoisotopic (exact) mass is 357 g/mol. The van der Waals surface area contributed by atoms with E-state index in [0.717, 1.165) is 25.1 Å². The maximum atomic E-state index is 12.9. The van der Waals surface area contributed by atoms with E-state index in [2.05, 4.69) is 17.2 Å². The van der Waals surface area contributed by atoms with Crippen LogP contribution in [0.3, 0.4) is 0 Å². The summed E-state index contributed by atoms with van der Waals surface area (Å²) in [5.41, 5.74) is -0.0154. The van der Waals surface area contributed by atoms with Crippen LogP contribution >= 0.6 is 0 Å². The molecular weight excluding hydrogens is 335 g/mol. The van der Waals surface area contributed by atoms with Crippen molar-refractivity contribution in [1.82, 2.24) is 14.7 Å². The number of ether oxygens (including phenoxy) is 1. The van der Waals surface area contributed by atoms with Crippen molar-refractivity contribution < 1.29 is 22.7 Å². The van der Waals surface area contributed by atoms with Crippen LogP contribution in [0.15, 0.2) is 18.3 Å². The van der Waals surface area contributed by atoms with E-state index in [9.17, 15) is 18.0 Å². The highest BCUT2D eigenvalue weighted by molar-refractivity contribution is 5.94. The number of aromatic nitrogens is 2. The number of nitrogens with zero attached hydrogens (tertiary/aromatic N) is 2. The van der Waals surface area contributed by atoms with E-state index in [1.807, 2.05) is 0 Å². The molecule has 0 aliphatic carbocycles. The average molecular weight is 357 g/mol. The molecule has 0 atom stereocenters. The molecule has 0 aliphatic rings. The highest BCUT2D eigenvalue weighted by Gasteiger charge is 2.31. The van der Waals surface area contributed by atoms with Gasteiger partial charge in [0.1, 0.15) is 11.3 Å². The molecule has 138 valence electrons. The fraction of sp³-hybridized carbons (Fsp3) is 0.529. The van der Waals surface area contributed by atoms with Crippen molar-refractivity contribution in [3.63, 3.8) is 0 Å². The molecule has 0 spiro atoms. The fourth-order valence-corrected chi connectivity index (χ4v) is 2.41. The van der Waals surface area contributed by atoms with Crippen LogP contribution in [0.4, 0.5) is 13.2 Å². The lowest BCUT2D eigenvalue weighted by Crippen LogP contribution is -2.27. The van der Waals surface area contributed by atoms with Crippen LogP contribution in [0.1, 0.15) is 47.9 Å². The van der Waals surface area contributed by atoms with Gasteiger partial charge in [-0.1, -0.05) is 13.3 Å². The molecule has 2 rings (SSSR count). The fourth-order valence-electron chi connectivity index (χ4n) is 2.41. The minimum Gasteiger partial charge on any atom is -0.381 e. The van der Waals surface area contributed by atoms with Gasteiger partial charge in [0.15, 0.2) is 0 Å². The molecule has 2 aromatic rings. The Hall–Kier alpha value is -2.09. The lowest BCUT2D eigenvalue weighted by Gasteiger charge is -2.09. The number of alkyl halides is 3. The minimum atomic E-state index is -4.48. The van der Waals surface area contributed by atoms with E-state index in [-0.39, 0.29) is 5.69 Å². The molecule has 0 saturated carbocycles. The SMILES string of the molecule is CCCCOCCCNC(=O)c1c(C)nc2ccc(C(F)(F)F)cn12. The van der Waals surface area contributed by atoms with E-state index in [1.54, 1.807) is 6.92 Å². The topological polar surface area (TPSA) is 55.6 Å².